The topological polar surface area (TPSA) is 77.5 Å². The normalized spacial score (nSPS) is 10.9. The number of nitrogens with two attached hydrogens (primary N) is 1. The van der Waals surface area contributed by atoms with E-state index in [0.29, 0.717) is 12.5 Å². The molecule has 0 bridgehead atoms. The summed E-state index contributed by atoms with van der Waals surface area (Å²) < 4.78 is 6.92. The predicted molar refractivity (Wildman–Crippen MR) is 116 cm³/mol. The fourth-order valence-corrected chi connectivity index (χ4v) is 2.46. The second kappa shape index (κ2) is 9.23. The number of hydrogen-bond donors (Lipinski definition) is 2. The number of nitrogens with zero attached hydrogens (tertiary/aromatic N) is 3. The summed E-state index contributed by atoms with van der Waals surface area (Å²) in [5, 5.41) is 7.28. The number of benzene rings is 2. The van der Waals surface area contributed by atoms with Gasteiger partial charge in [0.25, 0.3) is 0 Å². The number of rotatable bonds is 5. The lowest BCUT2D eigenvalue weighted by molar-refractivity contribution is 0.415. The summed E-state index contributed by atoms with van der Waals surface area (Å²) in [5.41, 5.74) is 10.1. The Bertz CT molecular complexity index is 874. The minimum absolute atomic E-state index is 0. The molecule has 0 amide bonds. The molecule has 6 nitrogen and oxygen atoms in total. The van der Waals surface area contributed by atoms with Gasteiger partial charge in [0, 0.05) is 24.5 Å². The predicted octanol–water partition coefficient (Wildman–Crippen LogP) is 3.64. The molecule has 26 heavy (non-hydrogen) atoms. The summed E-state index contributed by atoms with van der Waals surface area (Å²) in [6.45, 7) is 0.503. The van der Waals surface area contributed by atoms with Crippen LogP contribution in [-0.4, -0.2) is 22.8 Å². The van der Waals surface area contributed by atoms with E-state index in [1.807, 2.05) is 55.8 Å². The fourth-order valence-electron chi connectivity index (χ4n) is 2.46. The van der Waals surface area contributed by atoms with Crippen molar-refractivity contribution in [2.75, 3.05) is 12.4 Å². The van der Waals surface area contributed by atoms with Crippen LogP contribution in [0.15, 0.2) is 65.9 Å². The molecule has 1 aromatic heterocycles. The number of methoxy groups -OCH3 is 1. The van der Waals surface area contributed by atoms with Crippen LogP contribution in [0.3, 0.4) is 0 Å². The van der Waals surface area contributed by atoms with E-state index < -0.39 is 0 Å². The Hall–Kier alpha value is -2.55. The van der Waals surface area contributed by atoms with Gasteiger partial charge in [0.15, 0.2) is 5.96 Å². The molecule has 0 atom stereocenters. The highest BCUT2D eigenvalue weighted by Crippen LogP contribution is 2.20. The molecular formula is C19H22IN5O. The van der Waals surface area contributed by atoms with Crippen LogP contribution in [-0.2, 0) is 13.6 Å². The number of aryl methyl sites for hydroxylation is 1. The standard InChI is InChI=1S/C19H21N5O.HI/c1-24-13-16(12-22-24)15-5-3-4-14(10-15)11-21-19(20)23-17-6-8-18(25-2)9-7-17;/h3-10,12-13H,11H2,1-2H3,(H3,20,21,23);1H. The molecule has 0 fully saturated rings. The van der Waals surface area contributed by atoms with Crippen LogP contribution in [0.1, 0.15) is 5.56 Å². The number of ether oxygens (including phenoxy) is 1. The van der Waals surface area contributed by atoms with Crippen molar-refractivity contribution in [3.63, 3.8) is 0 Å². The van der Waals surface area contributed by atoms with Gasteiger partial charge in [-0.3, -0.25) is 4.68 Å². The third-order valence-corrected chi connectivity index (χ3v) is 3.76. The zero-order valence-corrected chi connectivity index (χ0v) is 17.0. The average molecular weight is 463 g/mol. The third-order valence-electron chi connectivity index (χ3n) is 3.76. The van der Waals surface area contributed by atoms with Crippen molar-refractivity contribution in [1.29, 1.82) is 0 Å². The first-order valence-electron chi connectivity index (χ1n) is 7.93. The van der Waals surface area contributed by atoms with Crippen LogP contribution < -0.4 is 15.8 Å². The zero-order valence-electron chi connectivity index (χ0n) is 14.7. The lowest BCUT2D eigenvalue weighted by atomic mass is 10.1. The number of hydrogen-bond acceptors (Lipinski definition) is 3. The van der Waals surface area contributed by atoms with E-state index in [9.17, 15) is 0 Å². The van der Waals surface area contributed by atoms with Crippen LogP contribution in [0.4, 0.5) is 5.69 Å². The van der Waals surface area contributed by atoms with Gasteiger partial charge < -0.3 is 15.8 Å². The summed E-state index contributed by atoms with van der Waals surface area (Å²) >= 11 is 0. The minimum Gasteiger partial charge on any atom is -0.497 e. The highest BCUT2D eigenvalue weighted by Gasteiger charge is 2.02. The number of guanidine groups is 1. The molecule has 1 heterocycles. The maximum Gasteiger partial charge on any atom is 0.193 e. The van der Waals surface area contributed by atoms with Crippen molar-refractivity contribution in [2.24, 2.45) is 17.8 Å². The molecule has 3 N–H and O–H groups in total. The van der Waals surface area contributed by atoms with Crippen LogP contribution >= 0.6 is 24.0 Å². The van der Waals surface area contributed by atoms with Gasteiger partial charge in [-0.1, -0.05) is 18.2 Å². The van der Waals surface area contributed by atoms with Crippen LogP contribution in [0.25, 0.3) is 11.1 Å². The molecule has 0 aliphatic carbocycles. The first-order valence-corrected chi connectivity index (χ1v) is 7.93. The molecule has 3 rings (SSSR count). The summed E-state index contributed by atoms with van der Waals surface area (Å²) in [4.78, 5) is 4.40. The van der Waals surface area contributed by atoms with E-state index in [4.69, 9.17) is 10.5 Å². The van der Waals surface area contributed by atoms with Crippen molar-refractivity contribution in [1.82, 2.24) is 9.78 Å². The van der Waals surface area contributed by atoms with E-state index >= 15 is 0 Å². The third kappa shape index (κ3) is 5.22. The Balaban J connectivity index is 0.00000243. The molecule has 136 valence electrons. The minimum atomic E-state index is 0. The van der Waals surface area contributed by atoms with Crippen molar-refractivity contribution in [2.45, 2.75) is 6.54 Å². The monoisotopic (exact) mass is 463 g/mol. The van der Waals surface area contributed by atoms with E-state index in [1.54, 1.807) is 11.8 Å². The molecule has 7 heteroatoms. The lowest BCUT2D eigenvalue weighted by Crippen LogP contribution is -2.22. The smallest absolute Gasteiger partial charge is 0.193 e. The first-order chi connectivity index (χ1) is 12.1. The Labute approximate surface area is 170 Å². The van der Waals surface area contributed by atoms with Crippen LogP contribution in [0.2, 0.25) is 0 Å². The first kappa shape index (κ1) is 19.8. The van der Waals surface area contributed by atoms with Gasteiger partial charge in [-0.2, -0.15) is 5.10 Å². The van der Waals surface area contributed by atoms with E-state index in [2.05, 4.69) is 27.5 Å². The quantitative estimate of drug-likeness (QED) is 0.344. The van der Waals surface area contributed by atoms with Crippen LogP contribution in [0, 0.1) is 0 Å². The van der Waals surface area contributed by atoms with Crippen LogP contribution in [0.5, 0.6) is 5.75 Å². The second-order valence-electron chi connectivity index (χ2n) is 5.66. The van der Waals surface area contributed by atoms with E-state index in [0.717, 1.165) is 28.1 Å². The molecule has 0 saturated carbocycles. The Morgan fingerprint density at radius 1 is 1.19 bits per heavy atom. The van der Waals surface area contributed by atoms with Crippen molar-refractivity contribution >= 4 is 35.6 Å². The Morgan fingerprint density at radius 2 is 1.96 bits per heavy atom. The Kier molecular flexibility index (Phi) is 7.02. The highest BCUT2D eigenvalue weighted by molar-refractivity contribution is 14.0. The SMILES string of the molecule is COc1ccc(NC(N)=NCc2cccc(-c3cnn(C)c3)c2)cc1.I. The van der Waals surface area contributed by atoms with Gasteiger partial charge in [0.1, 0.15) is 5.75 Å². The van der Waals surface area contributed by atoms with Gasteiger partial charge in [0.2, 0.25) is 0 Å². The molecule has 0 unspecified atom stereocenters. The molecular weight excluding hydrogens is 441 g/mol. The lowest BCUT2D eigenvalue weighted by Gasteiger charge is -2.07. The molecule has 0 saturated heterocycles. The summed E-state index contributed by atoms with van der Waals surface area (Å²) in [5.74, 6) is 1.17. The number of nitrogens with one attached hydrogen (secondary N) is 1. The molecule has 0 radical (unpaired) electrons. The fraction of sp³-hybridized carbons (Fsp3) is 0.158. The highest BCUT2D eigenvalue weighted by atomic mass is 127. The number of aromatic nitrogens is 2. The van der Waals surface area contributed by atoms with Crippen molar-refractivity contribution < 1.29 is 4.74 Å². The van der Waals surface area contributed by atoms with Gasteiger partial charge in [0.05, 0.1) is 19.9 Å². The number of anilines is 1. The van der Waals surface area contributed by atoms with Gasteiger partial charge in [-0.25, -0.2) is 4.99 Å². The summed E-state index contributed by atoms with van der Waals surface area (Å²) in [7, 11) is 3.54. The molecule has 0 spiro atoms. The van der Waals surface area contributed by atoms with E-state index in [-0.39, 0.29) is 24.0 Å². The largest absolute Gasteiger partial charge is 0.497 e. The molecule has 0 aliphatic rings. The summed E-state index contributed by atoms with van der Waals surface area (Å²) in [6.07, 6.45) is 3.84. The zero-order chi connectivity index (χ0) is 17.6. The summed E-state index contributed by atoms with van der Waals surface area (Å²) in [6, 6.07) is 15.7. The van der Waals surface area contributed by atoms with Crippen molar-refractivity contribution in [3.8, 4) is 16.9 Å². The number of aliphatic imine (C=N–C) groups is 1. The van der Waals surface area contributed by atoms with Crippen molar-refractivity contribution in [3.05, 3.63) is 66.5 Å². The Morgan fingerprint density at radius 3 is 2.62 bits per heavy atom. The molecule has 0 aliphatic heterocycles. The molecule has 2 aromatic carbocycles. The maximum absolute atomic E-state index is 5.97. The van der Waals surface area contributed by atoms with Gasteiger partial charge in [-0.05, 0) is 41.5 Å². The average Bonchev–Trinajstić information content (AvgIpc) is 3.07. The van der Waals surface area contributed by atoms with Gasteiger partial charge in [-0.15, -0.1) is 24.0 Å². The number of halogens is 1. The van der Waals surface area contributed by atoms with E-state index in [1.165, 1.54) is 0 Å². The van der Waals surface area contributed by atoms with Gasteiger partial charge >= 0.3 is 0 Å². The second-order valence-corrected chi connectivity index (χ2v) is 5.66. The molecule has 3 aromatic rings. The maximum atomic E-state index is 5.97.